The van der Waals surface area contributed by atoms with E-state index in [2.05, 4.69) is 15.9 Å². The monoisotopic (exact) mass is 285 g/mol. The first-order chi connectivity index (χ1) is 7.61. The summed E-state index contributed by atoms with van der Waals surface area (Å²) < 4.78 is 25.0. The number of nitrogen functional groups attached to an aromatic ring is 1. The summed E-state index contributed by atoms with van der Waals surface area (Å²) in [6, 6.07) is 12.6. The largest absolute Gasteiger partial charge is 0.396 e. The topological polar surface area (TPSA) is 26.0 Å². The van der Waals surface area contributed by atoms with Gasteiger partial charge in [-0.2, -0.15) is 0 Å². The SMILES string of the molecule is Fc1ccccc1Br.Nc1ccccc1F. The minimum Gasteiger partial charge on any atom is -0.396 e. The van der Waals surface area contributed by atoms with Crippen LogP contribution in [0.3, 0.4) is 0 Å². The summed E-state index contributed by atoms with van der Waals surface area (Å²) in [5, 5.41) is 0. The molecule has 0 aliphatic carbocycles. The predicted molar refractivity (Wildman–Crippen MR) is 64.9 cm³/mol. The number of halogens is 3. The van der Waals surface area contributed by atoms with E-state index in [9.17, 15) is 8.78 Å². The third kappa shape index (κ3) is 3.98. The Bertz CT molecular complexity index is 375. The van der Waals surface area contributed by atoms with E-state index in [4.69, 9.17) is 5.73 Å². The zero-order chi connectivity index (χ0) is 12.0. The van der Waals surface area contributed by atoms with E-state index in [0.717, 1.165) is 0 Å². The lowest BCUT2D eigenvalue weighted by Gasteiger charge is -1.89. The Morgan fingerprint density at radius 2 is 1.31 bits per heavy atom. The van der Waals surface area contributed by atoms with E-state index in [1.165, 1.54) is 18.2 Å². The second-order valence-electron chi connectivity index (χ2n) is 2.94. The average molecular weight is 286 g/mol. The van der Waals surface area contributed by atoms with Gasteiger partial charge in [-0.25, -0.2) is 8.78 Å². The standard InChI is InChI=1S/C6H4BrF.C6H6FN/c2*7-5-3-1-2-4-6(5)8/h1-4H;1-4H,8H2. The van der Waals surface area contributed by atoms with E-state index < -0.39 is 0 Å². The highest BCUT2D eigenvalue weighted by atomic mass is 79.9. The molecule has 0 saturated heterocycles. The molecule has 0 amide bonds. The molecule has 0 bridgehead atoms. The zero-order valence-electron chi connectivity index (χ0n) is 8.33. The average Bonchev–Trinajstić information content (AvgIpc) is 2.28. The maximum absolute atomic E-state index is 12.3. The molecule has 2 aromatic rings. The van der Waals surface area contributed by atoms with Gasteiger partial charge in [0.2, 0.25) is 0 Å². The minimum absolute atomic E-state index is 0.201. The molecule has 0 saturated carbocycles. The van der Waals surface area contributed by atoms with Crippen LogP contribution >= 0.6 is 15.9 Å². The minimum atomic E-state index is -0.354. The smallest absolute Gasteiger partial charge is 0.146 e. The molecule has 0 fully saturated rings. The lowest BCUT2D eigenvalue weighted by Crippen LogP contribution is -1.86. The van der Waals surface area contributed by atoms with Gasteiger partial charge < -0.3 is 5.73 Å². The molecule has 2 rings (SSSR count). The van der Waals surface area contributed by atoms with Gasteiger partial charge in [0.05, 0.1) is 10.2 Å². The molecule has 16 heavy (non-hydrogen) atoms. The molecule has 4 heteroatoms. The Morgan fingerprint density at radius 3 is 1.62 bits per heavy atom. The van der Waals surface area contributed by atoms with Crippen molar-refractivity contribution < 1.29 is 8.78 Å². The number of benzene rings is 2. The molecular weight excluding hydrogens is 276 g/mol. The molecule has 2 aromatic carbocycles. The van der Waals surface area contributed by atoms with Crippen LogP contribution in [0.1, 0.15) is 0 Å². The van der Waals surface area contributed by atoms with Crippen molar-refractivity contribution >= 4 is 21.6 Å². The van der Waals surface area contributed by atoms with Gasteiger partial charge in [0.15, 0.2) is 0 Å². The Labute approximate surface area is 101 Å². The molecule has 0 aromatic heterocycles. The molecule has 84 valence electrons. The molecular formula is C12H10BrF2N. The molecule has 0 atom stereocenters. The third-order valence-electron chi connectivity index (χ3n) is 1.73. The van der Waals surface area contributed by atoms with Crippen molar-refractivity contribution in [1.82, 2.24) is 0 Å². The van der Waals surface area contributed by atoms with Gasteiger partial charge in [0, 0.05) is 0 Å². The number of nitrogens with two attached hydrogens (primary N) is 1. The molecule has 1 nitrogen and oxygen atoms in total. The maximum atomic E-state index is 12.3. The fourth-order valence-electron chi connectivity index (χ4n) is 0.914. The number of anilines is 1. The molecule has 0 aliphatic rings. The van der Waals surface area contributed by atoms with Crippen LogP contribution in [-0.4, -0.2) is 0 Å². The summed E-state index contributed by atoms with van der Waals surface area (Å²) in [7, 11) is 0. The number of hydrogen-bond acceptors (Lipinski definition) is 1. The Kier molecular flexibility index (Phi) is 4.92. The van der Waals surface area contributed by atoms with E-state index in [1.807, 2.05) is 0 Å². The quantitative estimate of drug-likeness (QED) is 0.728. The van der Waals surface area contributed by atoms with E-state index in [-0.39, 0.29) is 17.3 Å². The Morgan fingerprint density at radius 1 is 0.812 bits per heavy atom. The van der Waals surface area contributed by atoms with E-state index in [1.54, 1.807) is 30.3 Å². The summed E-state index contributed by atoms with van der Waals surface area (Å²) in [6.45, 7) is 0. The first-order valence-electron chi connectivity index (χ1n) is 4.51. The zero-order valence-corrected chi connectivity index (χ0v) is 9.92. The molecule has 0 spiro atoms. The number of hydrogen-bond donors (Lipinski definition) is 1. The van der Waals surface area contributed by atoms with Crippen LogP contribution in [0.2, 0.25) is 0 Å². The maximum Gasteiger partial charge on any atom is 0.146 e. The van der Waals surface area contributed by atoms with Crippen LogP contribution in [0, 0.1) is 11.6 Å². The first kappa shape index (κ1) is 12.6. The van der Waals surface area contributed by atoms with Gasteiger partial charge in [-0.15, -0.1) is 0 Å². The number of rotatable bonds is 0. The van der Waals surface area contributed by atoms with Gasteiger partial charge in [-0.3, -0.25) is 0 Å². The van der Waals surface area contributed by atoms with Gasteiger partial charge >= 0.3 is 0 Å². The van der Waals surface area contributed by atoms with Crippen molar-refractivity contribution in [2.45, 2.75) is 0 Å². The third-order valence-corrected chi connectivity index (χ3v) is 2.37. The lowest BCUT2D eigenvalue weighted by molar-refractivity contribution is 0.621. The van der Waals surface area contributed by atoms with Gasteiger partial charge in [-0.05, 0) is 40.2 Å². The van der Waals surface area contributed by atoms with Crippen molar-refractivity contribution in [2.75, 3.05) is 5.73 Å². The van der Waals surface area contributed by atoms with E-state index in [0.29, 0.717) is 4.47 Å². The highest BCUT2D eigenvalue weighted by Crippen LogP contribution is 2.12. The highest BCUT2D eigenvalue weighted by Gasteiger charge is 1.91. The fourth-order valence-corrected chi connectivity index (χ4v) is 1.20. The molecule has 2 N–H and O–H groups in total. The van der Waals surface area contributed by atoms with Crippen molar-refractivity contribution in [3.63, 3.8) is 0 Å². The predicted octanol–water partition coefficient (Wildman–Crippen LogP) is 4.00. The van der Waals surface area contributed by atoms with Gasteiger partial charge in [0.25, 0.3) is 0 Å². The van der Waals surface area contributed by atoms with Crippen LogP contribution in [0.5, 0.6) is 0 Å². The van der Waals surface area contributed by atoms with Crippen molar-refractivity contribution in [2.24, 2.45) is 0 Å². The second-order valence-corrected chi connectivity index (χ2v) is 3.79. The summed E-state index contributed by atoms with van der Waals surface area (Å²) in [5.41, 5.74) is 5.35. The normalized spacial score (nSPS) is 9.19. The van der Waals surface area contributed by atoms with Crippen LogP contribution < -0.4 is 5.73 Å². The Hall–Kier alpha value is -1.42. The summed E-state index contributed by atoms with van der Waals surface area (Å²) in [5.74, 6) is -0.569. The summed E-state index contributed by atoms with van der Waals surface area (Å²) in [6.07, 6.45) is 0. The highest BCUT2D eigenvalue weighted by molar-refractivity contribution is 9.10. The Balaban J connectivity index is 0.000000160. The number of para-hydroxylation sites is 1. The van der Waals surface area contributed by atoms with Gasteiger partial charge in [0.1, 0.15) is 11.6 Å². The lowest BCUT2D eigenvalue weighted by atomic mass is 10.3. The second kappa shape index (κ2) is 6.23. The van der Waals surface area contributed by atoms with Crippen LogP contribution in [-0.2, 0) is 0 Å². The van der Waals surface area contributed by atoms with Crippen LogP contribution in [0.15, 0.2) is 53.0 Å². The first-order valence-corrected chi connectivity index (χ1v) is 5.30. The molecule has 0 heterocycles. The van der Waals surface area contributed by atoms with Crippen LogP contribution in [0.4, 0.5) is 14.5 Å². The summed E-state index contributed by atoms with van der Waals surface area (Å²) in [4.78, 5) is 0. The fraction of sp³-hybridized carbons (Fsp3) is 0. The molecule has 0 aliphatic heterocycles. The van der Waals surface area contributed by atoms with Crippen molar-refractivity contribution in [1.29, 1.82) is 0 Å². The summed E-state index contributed by atoms with van der Waals surface area (Å²) >= 11 is 3.02. The van der Waals surface area contributed by atoms with E-state index >= 15 is 0 Å². The molecule has 0 unspecified atom stereocenters. The van der Waals surface area contributed by atoms with Crippen molar-refractivity contribution in [3.8, 4) is 0 Å². The van der Waals surface area contributed by atoms with Crippen LogP contribution in [0.25, 0.3) is 0 Å². The van der Waals surface area contributed by atoms with Crippen molar-refractivity contribution in [3.05, 3.63) is 64.6 Å². The van der Waals surface area contributed by atoms with Gasteiger partial charge in [-0.1, -0.05) is 24.3 Å². The molecule has 0 radical (unpaired) electrons.